The zero-order valence-electron chi connectivity index (χ0n) is 12.8. The minimum absolute atomic E-state index is 0.210. The van der Waals surface area contributed by atoms with Gasteiger partial charge in [0.2, 0.25) is 0 Å². The Balaban J connectivity index is 2.07. The Morgan fingerprint density at radius 1 is 1.52 bits per heavy atom. The molecule has 0 atom stereocenters. The average molecular weight is 327 g/mol. The molecule has 0 aromatic carbocycles. The number of carbonyl (C=O) groups excluding carboxylic acids is 1. The van der Waals surface area contributed by atoms with Crippen LogP contribution in [0.4, 0.5) is 0 Å². The number of nitrogens with zero attached hydrogens (tertiary/aromatic N) is 2. The number of hydrogen-bond donors (Lipinski definition) is 1. The van der Waals surface area contributed by atoms with Crippen LogP contribution in [0.2, 0.25) is 0 Å². The first-order valence-corrected chi connectivity index (χ1v) is 8.77. The molecule has 0 aliphatic heterocycles. The summed E-state index contributed by atoms with van der Waals surface area (Å²) < 4.78 is 7.40. The van der Waals surface area contributed by atoms with Gasteiger partial charge in [-0.25, -0.2) is 4.98 Å². The lowest BCUT2D eigenvalue weighted by Gasteiger charge is -2.19. The van der Waals surface area contributed by atoms with E-state index >= 15 is 0 Å². The highest BCUT2D eigenvalue weighted by molar-refractivity contribution is 7.99. The molecule has 0 aliphatic carbocycles. The molecule has 0 unspecified atom stereocenters. The molecule has 0 aliphatic rings. The number of carbonyl (C=O) groups is 1. The molecule has 1 N–H and O–H groups in total. The maximum atomic E-state index is 11.8. The number of nitrogens with one attached hydrogen (secondary N) is 1. The van der Waals surface area contributed by atoms with Gasteiger partial charge in [-0.05, 0) is 27.3 Å². The molecule has 0 bridgehead atoms. The number of ether oxygens (including phenoxy) is 1. The van der Waals surface area contributed by atoms with Crippen molar-refractivity contribution < 1.29 is 9.53 Å². The molecule has 7 heteroatoms. The molecular weight excluding hydrogens is 306 g/mol. The highest BCUT2D eigenvalue weighted by Gasteiger charge is 2.19. The van der Waals surface area contributed by atoms with Crippen LogP contribution in [0.3, 0.4) is 0 Å². The van der Waals surface area contributed by atoms with Gasteiger partial charge < -0.3 is 10.1 Å². The third-order valence-electron chi connectivity index (χ3n) is 2.61. The van der Waals surface area contributed by atoms with E-state index in [-0.39, 0.29) is 11.7 Å². The number of fused-ring (bicyclic) bond motifs is 1. The Bertz CT molecular complexity index is 613. The van der Waals surface area contributed by atoms with Crippen LogP contribution in [0.25, 0.3) is 4.96 Å². The van der Waals surface area contributed by atoms with Gasteiger partial charge in [0.15, 0.2) is 4.96 Å². The van der Waals surface area contributed by atoms with Crippen molar-refractivity contribution in [1.82, 2.24) is 14.7 Å². The van der Waals surface area contributed by atoms with Crippen LogP contribution < -0.4 is 5.32 Å². The van der Waals surface area contributed by atoms with E-state index in [2.05, 4.69) is 21.6 Å². The van der Waals surface area contributed by atoms with Crippen molar-refractivity contribution in [2.24, 2.45) is 0 Å². The van der Waals surface area contributed by atoms with E-state index in [9.17, 15) is 4.79 Å². The van der Waals surface area contributed by atoms with E-state index in [1.165, 1.54) is 11.8 Å². The Morgan fingerprint density at radius 2 is 2.29 bits per heavy atom. The van der Waals surface area contributed by atoms with Crippen LogP contribution in [0.15, 0.2) is 16.6 Å². The first kappa shape index (κ1) is 16.3. The topological polar surface area (TPSA) is 55.6 Å². The molecule has 0 saturated heterocycles. The number of thiazole rings is 1. The molecule has 0 saturated carbocycles. The lowest BCUT2D eigenvalue weighted by atomic mass is 10.2. The third kappa shape index (κ3) is 4.46. The van der Waals surface area contributed by atoms with Crippen molar-refractivity contribution in [2.45, 2.75) is 44.9 Å². The highest BCUT2D eigenvalue weighted by Crippen LogP contribution is 2.26. The number of esters is 1. The lowest BCUT2D eigenvalue weighted by Crippen LogP contribution is -2.25. The van der Waals surface area contributed by atoms with Crippen molar-refractivity contribution >= 4 is 34.0 Å². The summed E-state index contributed by atoms with van der Waals surface area (Å²) in [6, 6.07) is 0. The maximum absolute atomic E-state index is 11.8. The predicted molar refractivity (Wildman–Crippen MR) is 87.0 cm³/mol. The first-order chi connectivity index (χ1) is 9.90. The van der Waals surface area contributed by atoms with E-state index in [4.69, 9.17) is 4.74 Å². The fourth-order valence-electron chi connectivity index (χ4n) is 1.83. The molecule has 0 radical (unpaired) electrons. The van der Waals surface area contributed by atoms with E-state index in [0.29, 0.717) is 0 Å². The molecule has 2 heterocycles. The fourth-order valence-corrected chi connectivity index (χ4v) is 3.42. The second-order valence-corrected chi connectivity index (χ2v) is 7.41. The Kier molecular flexibility index (Phi) is 5.29. The summed E-state index contributed by atoms with van der Waals surface area (Å²) in [7, 11) is 0. The molecule has 2 aromatic rings. The van der Waals surface area contributed by atoms with Gasteiger partial charge in [0, 0.05) is 18.1 Å². The van der Waals surface area contributed by atoms with Gasteiger partial charge in [0.1, 0.15) is 10.6 Å². The number of thioether (sulfide) groups is 1. The Morgan fingerprint density at radius 3 is 2.95 bits per heavy atom. The number of imidazole rings is 1. The lowest BCUT2D eigenvalue weighted by molar-refractivity contribution is -0.151. The molecule has 116 valence electrons. The second-order valence-electron chi connectivity index (χ2n) is 5.57. The van der Waals surface area contributed by atoms with Crippen LogP contribution in [0, 0.1) is 0 Å². The normalized spacial score (nSPS) is 12.0. The van der Waals surface area contributed by atoms with Gasteiger partial charge in [0.25, 0.3) is 0 Å². The van der Waals surface area contributed by atoms with Gasteiger partial charge in [-0.15, -0.1) is 11.3 Å². The second kappa shape index (κ2) is 6.81. The van der Waals surface area contributed by atoms with E-state index in [1.54, 1.807) is 11.3 Å². The Labute approximate surface area is 133 Å². The van der Waals surface area contributed by atoms with Crippen molar-refractivity contribution in [3.8, 4) is 0 Å². The van der Waals surface area contributed by atoms with Crippen LogP contribution in [0.5, 0.6) is 0 Å². The zero-order valence-corrected chi connectivity index (χ0v) is 14.4. The third-order valence-corrected chi connectivity index (χ3v) is 4.35. The number of aromatic nitrogens is 2. The summed E-state index contributed by atoms with van der Waals surface area (Å²) in [6.45, 7) is 9.33. The van der Waals surface area contributed by atoms with Gasteiger partial charge in [-0.3, -0.25) is 9.20 Å². The summed E-state index contributed by atoms with van der Waals surface area (Å²) in [5.41, 5.74) is 0.653. The standard InChI is InChI=1S/C14H21N3O2S2/c1-5-15-8-10-12(16-13-17(10)6-7-20-13)21-9-11(18)19-14(2,3)4/h6-7,15H,5,8-9H2,1-4H3. The summed E-state index contributed by atoms with van der Waals surface area (Å²) in [5.74, 6) is 0.0690. The van der Waals surface area contributed by atoms with Gasteiger partial charge >= 0.3 is 5.97 Å². The predicted octanol–water partition coefficient (Wildman–Crippen LogP) is 2.94. The SMILES string of the molecule is CCNCc1c(SCC(=O)OC(C)(C)C)nc2sccn12. The van der Waals surface area contributed by atoms with E-state index < -0.39 is 5.60 Å². The molecule has 0 spiro atoms. The number of rotatable bonds is 6. The van der Waals surface area contributed by atoms with Gasteiger partial charge in [-0.1, -0.05) is 18.7 Å². The minimum atomic E-state index is -0.446. The largest absolute Gasteiger partial charge is 0.459 e. The van der Waals surface area contributed by atoms with Gasteiger partial charge in [-0.2, -0.15) is 0 Å². The molecular formula is C14H21N3O2S2. The molecule has 2 rings (SSSR count). The van der Waals surface area contributed by atoms with Crippen molar-refractivity contribution in [1.29, 1.82) is 0 Å². The molecule has 0 amide bonds. The minimum Gasteiger partial charge on any atom is -0.459 e. The maximum Gasteiger partial charge on any atom is 0.316 e. The van der Waals surface area contributed by atoms with Crippen LogP contribution in [-0.4, -0.2) is 33.3 Å². The van der Waals surface area contributed by atoms with E-state index in [0.717, 1.165) is 28.8 Å². The fraction of sp³-hybridized carbons (Fsp3) is 0.571. The van der Waals surface area contributed by atoms with Crippen LogP contribution in [0.1, 0.15) is 33.4 Å². The van der Waals surface area contributed by atoms with Crippen molar-refractivity contribution in [3.63, 3.8) is 0 Å². The average Bonchev–Trinajstić information content (AvgIpc) is 2.92. The molecule has 21 heavy (non-hydrogen) atoms. The van der Waals surface area contributed by atoms with Crippen molar-refractivity contribution in [3.05, 3.63) is 17.3 Å². The van der Waals surface area contributed by atoms with Crippen LogP contribution >= 0.6 is 23.1 Å². The summed E-state index contributed by atoms with van der Waals surface area (Å²) in [6.07, 6.45) is 2.01. The van der Waals surface area contributed by atoms with Crippen LogP contribution in [-0.2, 0) is 16.1 Å². The molecule has 5 nitrogen and oxygen atoms in total. The molecule has 0 fully saturated rings. The monoisotopic (exact) mass is 327 g/mol. The summed E-state index contributed by atoms with van der Waals surface area (Å²) >= 11 is 3.03. The summed E-state index contributed by atoms with van der Waals surface area (Å²) in [4.78, 5) is 17.4. The van der Waals surface area contributed by atoms with Gasteiger partial charge in [0.05, 0.1) is 11.4 Å². The number of hydrogen-bond acceptors (Lipinski definition) is 6. The first-order valence-electron chi connectivity index (χ1n) is 6.90. The molecule has 2 aromatic heterocycles. The van der Waals surface area contributed by atoms with Crippen molar-refractivity contribution in [2.75, 3.05) is 12.3 Å². The quantitative estimate of drug-likeness (QED) is 0.653. The van der Waals surface area contributed by atoms with E-state index in [1.807, 2.05) is 32.3 Å². The summed E-state index contributed by atoms with van der Waals surface area (Å²) in [5, 5.41) is 6.22. The smallest absolute Gasteiger partial charge is 0.316 e. The highest BCUT2D eigenvalue weighted by atomic mass is 32.2. The Hall–Kier alpha value is -1.05. The zero-order chi connectivity index (χ0) is 15.5.